The molecule has 1 unspecified atom stereocenters. The lowest BCUT2D eigenvalue weighted by Crippen LogP contribution is -2.27. The monoisotopic (exact) mass is 294 g/mol. The van der Waals surface area contributed by atoms with E-state index < -0.39 is 0 Å². The Morgan fingerprint density at radius 3 is 2.40 bits per heavy atom. The third-order valence-electron chi connectivity index (χ3n) is 4.76. The van der Waals surface area contributed by atoms with Crippen molar-refractivity contribution < 1.29 is 5.11 Å². The Kier molecular flexibility index (Phi) is 6.38. The van der Waals surface area contributed by atoms with Crippen molar-refractivity contribution in [1.82, 2.24) is 0 Å². The summed E-state index contributed by atoms with van der Waals surface area (Å²) in [6.45, 7) is 2.27. The van der Waals surface area contributed by atoms with Gasteiger partial charge in [0.15, 0.2) is 0 Å². The first kappa shape index (κ1) is 15.9. The van der Waals surface area contributed by atoms with Gasteiger partial charge in [0.25, 0.3) is 0 Å². The van der Waals surface area contributed by atoms with Crippen LogP contribution in [0.5, 0.6) is 0 Å². The van der Waals surface area contributed by atoms with Gasteiger partial charge in [-0.05, 0) is 48.8 Å². The van der Waals surface area contributed by atoms with Crippen LogP contribution in [0.2, 0.25) is 5.02 Å². The van der Waals surface area contributed by atoms with Crippen molar-refractivity contribution in [2.45, 2.75) is 64.4 Å². The lowest BCUT2D eigenvalue weighted by Gasteiger charge is -2.31. The molecule has 0 bridgehead atoms. The van der Waals surface area contributed by atoms with Gasteiger partial charge in [0.1, 0.15) is 0 Å². The molecule has 2 heteroatoms. The predicted molar refractivity (Wildman–Crippen MR) is 86.1 cm³/mol. The summed E-state index contributed by atoms with van der Waals surface area (Å²) in [6.07, 6.45) is 9.64. The van der Waals surface area contributed by atoms with Gasteiger partial charge in [0.05, 0.1) is 6.10 Å². The molecule has 0 aromatic heterocycles. The van der Waals surface area contributed by atoms with Gasteiger partial charge in [0, 0.05) is 5.02 Å². The number of unbranched alkanes of at least 4 members (excludes halogenated alkanes) is 1. The second-order valence-corrected chi connectivity index (χ2v) is 6.76. The molecule has 0 saturated heterocycles. The first-order valence-corrected chi connectivity index (χ1v) is 8.49. The standard InChI is InChI=1S/C18H27ClO/c1-2-3-4-14-5-9-16(10-6-14)18(20)13-15-7-11-17(19)12-8-15/h7-8,11-12,14,16,18,20H,2-6,9-10,13H2,1H3. The van der Waals surface area contributed by atoms with E-state index in [-0.39, 0.29) is 6.10 Å². The van der Waals surface area contributed by atoms with Crippen molar-refractivity contribution in [1.29, 1.82) is 0 Å². The Morgan fingerprint density at radius 2 is 1.80 bits per heavy atom. The Bertz CT molecular complexity index is 379. The number of halogens is 1. The minimum atomic E-state index is -0.191. The van der Waals surface area contributed by atoms with E-state index in [2.05, 4.69) is 6.92 Å². The highest BCUT2D eigenvalue weighted by Crippen LogP contribution is 2.34. The van der Waals surface area contributed by atoms with E-state index in [0.717, 1.165) is 17.4 Å². The molecule has 1 N–H and O–H groups in total. The molecule has 1 aromatic carbocycles. The molecule has 1 fully saturated rings. The zero-order valence-electron chi connectivity index (χ0n) is 12.5. The van der Waals surface area contributed by atoms with Crippen LogP contribution >= 0.6 is 11.6 Å². The van der Waals surface area contributed by atoms with Crippen LogP contribution in [0.25, 0.3) is 0 Å². The minimum absolute atomic E-state index is 0.191. The van der Waals surface area contributed by atoms with E-state index in [9.17, 15) is 5.11 Å². The molecule has 2 rings (SSSR count). The Labute approximate surface area is 128 Å². The van der Waals surface area contributed by atoms with Crippen molar-refractivity contribution in [3.05, 3.63) is 34.9 Å². The normalized spacial score (nSPS) is 24.6. The van der Waals surface area contributed by atoms with Gasteiger partial charge < -0.3 is 5.11 Å². The maximum Gasteiger partial charge on any atom is 0.0608 e. The molecule has 0 aliphatic heterocycles. The summed E-state index contributed by atoms with van der Waals surface area (Å²) in [5, 5.41) is 11.2. The van der Waals surface area contributed by atoms with Gasteiger partial charge in [-0.3, -0.25) is 0 Å². The molecule has 0 radical (unpaired) electrons. The molecular weight excluding hydrogens is 268 g/mol. The maximum absolute atomic E-state index is 10.4. The summed E-state index contributed by atoms with van der Waals surface area (Å²) in [7, 11) is 0. The first-order valence-electron chi connectivity index (χ1n) is 8.11. The number of aliphatic hydroxyl groups is 1. The van der Waals surface area contributed by atoms with Gasteiger partial charge in [-0.1, -0.05) is 62.8 Å². The van der Waals surface area contributed by atoms with Gasteiger partial charge in [-0.15, -0.1) is 0 Å². The van der Waals surface area contributed by atoms with E-state index in [1.54, 1.807) is 0 Å². The summed E-state index contributed by atoms with van der Waals surface area (Å²) in [4.78, 5) is 0. The Morgan fingerprint density at radius 1 is 1.15 bits per heavy atom. The van der Waals surface area contributed by atoms with E-state index in [0.29, 0.717) is 5.92 Å². The number of hydrogen-bond donors (Lipinski definition) is 1. The summed E-state index contributed by atoms with van der Waals surface area (Å²) >= 11 is 5.89. The lowest BCUT2D eigenvalue weighted by atomic mass is 9.76. The molecule has 20 heavy (non-hydrogen) atoms. The van der Waals surface area contributed by atoms with Crippen molar-refractivity contribution >= 4 is 11.6 Å². The summed E-state index contributed by atoms with van der Waals surface area (Å²) < 4.78 is 0. The van der Waals surface area contributed by atoms with Gasteiger partial charge in [-0.2, -0.15) is 0 Å². The SMILES string of the molecule is CCCCC1CCC(C(O)Cc2ccc(Cl)cc2)CC1. The quantitative estimate of drug-likeness (QED) is 0.760. The van der Waals surface area contributed by atoms with E-state index >= 15 is 0 Å². The zero-order chi connectivity index (χ0) is 14.4. The average molecular weight is 295 g/mol. The fraction of sp³-hybridized carbons (Fsp3) is 0.667. The van der Waals surface area contributed by atoms with E-state index in [1.807, 2.05) is 24.3 Å². The third kappa shape index (κ3) is 4.79. The smallest absolute Gasteiger partial charge is 0.0608 e. The highest BCUT2D eigenvalue weighted by atomic mass is 35.5. The van der Waals surface area contributed by atoms with Crippen LogP contribution in [-0.2, 0) is 6.42 Å². The molecule has 0 spiro atoms. The molecule has 112 valence electrons. The van der Waals surface area contributed by atoms with Crippen molar-refractivity contribution in [3.8, 4) is 0 Å². The molecule has 1 saturated carbocycles. The highest BCUT2D eigenvalue weighted by Gasteiger charge is 2.26. The summed E-state index contributed by atoms with van der Waals surface area (Å²) in [5.41, 5.74) is 1.19. The number of rotatable bonds is 6. The van der Waals surface area contributed by atoms with Crippen LogP contribution in [0.15, 0.2) is 24.3 Å². The second kappa shape index (κ2) is 8.05. The van der Waals surface area contributed by atoms with Crippen molar-refractivity contribution in [3.63, 3.8) is 0 Å². The second-order valence-electron chi connectivity index (χ2n) is 6.32. The Balaban J connectivity index is 1.76. The summed E-state index contributed by atoms with van der Waals surface area (Å²) in [5.74, 6) is 1.40. The molecule has 1 aliphatic rings. The zero-order valence-corrected chi connectivity index (χ0v) is 13.3. The number of benzene rings is 1. The lowest BCUT2D eigenvalue weighted by molar-refractivity contribution is 0.0726. The largest absolute Gasteiger partial charge is 0.392 e. The third-order valence-corrected chi connectivity index (χ3v) is 5.01. The molecule has 1 aromatic rings. The number of aliphatic hydroxyl groups excluding tert-OH is 1. The first-order chi connectivity index (χ1) is 9.69. The van der Waals surface area contributed by atoms with Crippen LogP contribution < -0.4 is 0 Å². The van der Waals surface area contributed by atoms with Crippen molar-refractivity contribution in [2.24, 2.45) is 11.8 Å². The van der Waals surface area contributed by atoms with Gasteiger partial charge in [-0.25, -0.2) is 0 Å². The maximum atomic E-state index is 10.4. The Hall–Kier alpha value is -0.530. The van der Waals surface area contributed by atoms with Crippen LogP contribution in [0.1, 0.15) is 57.4 Å². The van der Waals surface area contributed by atoms with Crippen LogP contribution in [0.4, 0.5) is 0 Å². The molecule has 1 atom stereocenters. The fourth-order valence-electron chi connectivity index (χ4n) is 3.38. The van der Waals surface area contributed by atoms with Crippen LogP contribution in [-0.4, -0.2) is 11.2 Å². The highest BCUT2D eigenvalue weighted by molar-refractivity contribution is 6.30. The number of hydrogen-bond acceptors (Lipinski definition) is 1. The van der Waals surface area contributed by atoms with E-state index in [4.69, 9.17) is 11.6 Å². The fourth-order valence-corrected chi connectivity index (χ4v) is 3.51. The van der Waals surface area contributed by atoms with Crippen LogP contribution in [0.3, 0.4) is 0 Å². The summed E-state index contributed by atoms with van der Waals surface area (Å²) in [6, 6.07) is 7.87. The molecule has 1 nitrogen and oxygen atoms in total. The molecular formula is C18H27ClO. The van der Waals surface area contributed by atoms with Gasteiger partial charge in [0.2, 0.25) is 0 Å². The molecule has 1 aliphatic carbocycles. The average Bonchev–Trinajstić information content (AvgIpc) is 2.48. The van der Waals surface area contributed by atoms with E-state index in [1.165, 1.54) is 50.5 Å². The topological polar surface area (TPSA) is 20.2 Å². The molecule has 0 heterocycles. The minimum Gasteiger partial charge on any atom is -0.392 e. The van der Waals surface area contributed by atoms with Crippen LogP contribution in [0, 0.1) is 11.8 Å². The van der Waals surface area contributed by atoms with Crippen molar-refractivity contribution in [2.75, 3.05) is 0 Å². The predicted octanol–water partition coefficient (Wildman–Crippen LogP) is 5.24. The molecule has 0 amide bonds. The van der Waals surface area contributed by atoms with Gasteiger partial charge >= 0.3 is 0 Å².